The lowest BCUT2D eigenvalue weighted by molar-refractivity contribution is 0.0910. The highest BCUT2D eigenvalue weighted by atomic mass is 79.9. The van der Waals surface area contributed by atoms with E-state index in [9.17, 15) is 4.79 Å². The Hall–Kier alpha value is -1.33. The second kappa shape index (κ2) is 5.54. The van der Waals surface area contributed by atoms with E-state index in [-0.39, 0.29) is 18.6 Å². The Morgan fingerprint density at radius 3 is 2.94 bits per heavy atom. The number of aliphatic hydroxyl groups excluding tert-OH is 1. The molecule has 2 rings (SSSR count). The summed E-state index contributed by atoms with van der Waals surface area (Å²) in [4.78, 5) is 15.0. The van der Waals surface area contributed by atoms with Crippen molar-refractivity contribution in [2.45, 2.75) is 19.4 Å². The molecule has 0 saturated heterocycles. The fraction of sp³-hybridized carbons (Fsp3) is 0.308. The maximum atomic E-state index is 12.0. The number of H-pyrrole nitrogens is 1. The zero-order chi connectivity index (χ0) is 13.1. The van der Waals surface area contributed by atoms with Gasteiger partial charge in [-0.25, -0.2) is 0 Å². The van der Waals surface area contributed by atoms with Gasteiger partial charge in [0.25, 0.3) is 5.91 Å². The molecule has 4 nitrogen and oxygen atoms in total. The van der Waals surface area contributed by atoms with Crippen LogP contribution in [-0.4, -0.2) is 28.6 Å². The van der Waals surface area contributed by atoms with Gasteiger partial charge in [-0.2, -0.15) is 0 Å². The van der Waals surface area contributed by atoms with Crippen molar-refractivity contribution in [2.75, 3.05) is 6.61 Å². The number of amides is 1. The van der Waals surface area contributed by atoms with E-state index < -0.39 is 0 Å². The van der Waals surface area contributed by atoms with Crippen LogP contribution in [0.15, 0.2) is 28.7 Å². The summed E-state index contributed by atoms with van der Waals surface area (Å²) in [5.74, 6) is -0.191. The van der Waals surface area contributed by atoms with Crippen LogP contribution < -0.4 is 5.32 Å². The van der Waals surface area contributed by atoms with E-state index >= 15 is 0 Å². The first-order valence-electron chi connectivity index (χ1n) is 5.84. The van der Waals surface area contributed by atoms with Crippen molar-refractivity contribution < 1.29 is 9.90 Å². The summed E-state index contributed by atoms with van der Waals surface area (Å²) < 4.78 is 0.975. The van der Waals surface area contributed by atoms with Crippen molar-refractivity contribution in [1.82, 2.24) is 10.3 Å². The molecule has 1 amide bonds. The predicted octanol–water partition coefficient (Wildman–Crippen LogP) is 2.43. The molecule has 0 saturated carbocycles. The van der Waals surface area contributed by atoms with Crippen LogP contribution in [0.5, 0.6) is 0 Å². The second-order valence-corrected chi connectivity index (χ2v) is 5.09. The average Bonchev–Trinajstić information content (AvgIpc) is 2.78. The van der Waals surface area contributed by atoms with Gasteiger partial charge in [-0.15, -0.1) is 0 Å². The maximum absolute atomic E-state index is 12.0. The first-order chi connectivity index (χ1) is 8.63. The topological polar surface area (TPSA) is 65.1 Å². The van der Waals surface area contributed by atoms with Crippen LogP contribution in [0.2, 0.25) is 0 Å². The molecule has 0 fully saturated rings. The standard InChI is InChI=1S/C13H15BrN2O2/c1-2-10(7-17)15-13(18)12-6-8-5-9(14)3-4-11(8)16-12/h3-6,10,16-17H,2,7H2,1H3,(H,15,18). The van der Waals surface area contributed by atoms with Gasteiger partial charge in [0.1, 0.15) is 5.69 Å². The molecule has 0 spiro atoms. The third kappa shape index (κ3) is 2.73. The lowest BCUT2D eigenvalue weighted by Gasteiger charge is -2.12. The van der Waals surface area contributed by atoms with Crippen LogP contribution >= 0.6 is 15.9 Å². The molecule has 0 aliphatic heterocycles. The van der Waals surface area contributed by atoms with Gasteiger partial charge in [-0.3, -0.25) is 4.79 Å². The zero-order valence-electron chi connectivity index (χ0n) is 10.0. The summed E-state index contributed by atoms with van der Waals surface area (Å²) in [6.07, 6.45) is 0.702. The van der Waals surface area contributed by atoms with Gasteiger partial charge in [0.2, 0.25) is 0 Å². The molecule has 1 aromatic carbocycles. The van der Waals surface area contributed by atoms with Crippen molar-refractivity contribution in [2.24, 2.45) is 0 Å². The summed E-state index contributed by atoms with van der Waals surface area (Å²) in [6, 6.07) is 7.39. The lowest BCUT2D eigenvalue weighted by Crippen LogP contribution is -2.37. The Morgan fingerprint density at radius 1 is 1.50 bits per heavy atom. The molecule has 0 aliphatic rings. The highest BCUT2D eigenvalue weighted by Crippen LogP contribution is 2.20. The molecule has 0 radical (unpaired) electrons. The largest absolute Gasteiger partial charge is 0.394 e. The normalized spacial score (nSPS) is 12.6. The Kier molecular flexibility index (Phi) is 4.04. The molecule has 18 heavy (non-hydrogen) atoms. The van der Waals surface area contributed by atoms with Crippen LogP contribution in [-0.2, 0) is 0 Å². The van der Waals surface area contributed by atoms with Gasteiger partial charge in [0.15, 0.2) is 0 Å². The van der Waals surface area contributed by atoms with Crippen LogP contribution in [0.25, 0.3) is 10.9 Å². The predicted molar refractivity (Wildman–Crippen MR) is 74.6 cm³/mol. The molecule has 3 N–H and O–H groups in total. The fourth-order valence-electron chi connectivity index (χ4n) is 1.77. The minimum absolute atomic E-state index is 0.0476. The smallest absolute Gasteiger partial charge is 0.268 e. The van der Waals surface area contributed by atoms with Crippen molar-refractivity contribution in [3.8, 4) is 0 Å². The van der Waals surface area contributed by atoms with E-state index in [0.717, 1.165) is 15.4 Å². The van der Waals surface area contributed by atoms with Gasteiger partial charge < -0.3 is 15.4 Å². The number of benzene rings is 1. The monoisotopic (exact) mass is 310 g/mol. The fourth-order valence-corrected chi connectivity index (χ4v) is 2.14. The Bertz CT molecular complexity index is 561. The number of carbonyl (C=O) groups is 1. The van der Waals surface area contributed by atoms with Gasteiger partial charge in [-0.1, -0.05) is 22.9 Å². The summed E-state index contributed by atoms with van der Waals surface area (Å²) >= 11 is 3.39. The average molecular weight is 311 g/mol. The number of aliphatic hydroxyl groups is 1. The van der Waals surface area contributed by atoms with Crippen molar-refractivity contribution >= 4 is 32.7 Å². The third-order valence-corrected chi connectivity index (χ3v) is 3.37. The van der Waals surface area contributed by atoms with Crippen LogP contribution in [0, 0.1) is 0 Å². The molecular formula is C13H15BrN2O2. The molecule has 0 bridgehead atoms. The SMILES string of the molecule is CCC(CO)NC(=O)c1cc2cc(Br)ccc2[nH]1. The summed E-state index contributed by atoms with van der Waals surface area (Å²) in [6.45, 7) is 1.87. The number of nitrogens with one attached hydrogen (secondary N) is 2. The number of carbonyl (C=O) groups excluding carboxylic acids is 1. The van der Waals surface area contributed by atoms with E-state index in [1.54, 1.807) is 6.07 Å². The van der Waals surface area contributed by atoms with Gasteiger partial charge in [0, 0.05) is 15.4 Å². The summed E-state index contributed by atoms with van der Waals surface area (Å²) in [5, 5.41) is 12.8. The van der Waals surface area contributed by atoms with Crippen LogP contribution in [0.1, 0.15) is 23.8 Å². The van der Waals surface area contributed by atoms with Crippen molar-refractivity contribution in [1.29, 1.82) is 0 Å². The van der Waals surface area contributed by atoms with E-state index in [1.165, 1.54) is 0 Å². The molecule has 1 aromatic heterocycles. The Labute approximate surface area is 114 Å². The maximum Gasteiger partial charge on any atom is 0.268 e. The summed E-state index contributed by atoms with van der Waals surface area (Å²) in [7, 11) is 0. The number of fused-ring (bicyclic) bond motifs is 1. The lowest BCUT2D eigenvalue weighted by atomic mass is 10.2. The zero-order valence-corrected chi connectivity index (χ0v) is 11.6. The minimum Gasteiger partial charge on any atom is -0.394 e. The van der Waals surface area contributed by atoms with Crippen LogP contribution in [0.4, 0.5) is 0 Å². The molecular weight excluding hydrogens is 296 g/mol. The highest BCUT2D eigenvalue weighted by Gasteiger charge is 2.13. The van der Waals surface area contributed by atoms with Crippen molar-refractivity contribution in [3.05, 3.63) is 34.4 Å². The molecule has 5 heteroatoms. The van der Waals surface area contributed by atoms with E-state index in [4.69, 9.17) is 5.11 Å². The molecule has 1 atom stereocenters. The van der Waals surface area contributed by atoms with Crippen molar-refractivity contribution in [3.63, 3.8) is 0 Å². The molecule has 96 valence electrons. The van der Waals surface area contributed by atoms with Crippen LogP contribution in [0.3, 0.4) is 0 Å². The summed E-state index contributed by atoms with van der Waals surface area (Å²) in [5.41, 5.74) is 1.43. The number of aromatic amines is 1. The number of hydrogen-bond acceptors (Lipinski definition) is 2. The molecule has 2 aromatic rings. The van der Waals surface area contributed by atoms with E-state index in [1.807, 2.05) is 25.1 Å². The number of halogens is 1. The first kappa shape index (κ1) is 13.1. The quantitative estimate of drug-likeness (QED) is 0.812. The van der Waals surface area contributed by atoms with E-state index in [0.29, 0.717) is 12.1 Å². The molecule has 1 heterocycles. The minimum atomic E-state index is -0.198. The number of aromatic nitrogens is 1. The first-order valence-corrected chi connectivity index (χ1v) is 6.63. The van der Waals surface area contributed by atoms with Gasteiger partial charge in [0.05, 0.1) is 12.6 Å². The molecule has 1 unspecified atom stereocenters. The second-order valence-electron chi connectivity index (χ2n) is 4.18. The third-order valence-electron chi connectivity index (χ3n) is 2.88. The number of rotatable bonds is 4. The Morgan fingerprint density at radius 2 is 2.28 bits per heavy atom. The van der Waals surface area contributed by atoms with E-state index in [2.05, 4.69) is 26.2 Å². The Balaban J connectivity index is 2.23. The van der Waals surface area contributed by atoms with Gasteiger partial charge >= 0.3 is 0 Å². The molecule has 0 aliphatic carbocycles. The van der Waals surface area contributed by atoms with Gasteiger partial charge in [-0.05, 0) is 30.7 Å². The highest BCUT2D eigenvalue weighted by molar-refractivity contribution is 9.10. The number of hydrogen-bond donors (Lipinski definition) is 3.